The summed E-state index contributed by atoms with van der Waals surface area (Å²) in [5.74, 6) is -0.658. The molecule has 0 spiro atoms. The van der Waals surface area contributed by atoms with Gasteiger partial charge in [0.2, 0.25) is 0 Å². The van der Waals surface area contributed by atoms with Gasteiger partial charge in [-0.2, -0.15) is 5.10 Å². The molecule has 178 valence electrons. The highest BCUT2D eigenvalue weighted by Gasteiger charge is 2.19. The Balaban J connectivity index is 1.19. The van der Waals surface area contributed by atoms with E-state index in [0.29, 0.717) is 22.6 Å². The molecule has 4 aromatic rings. The monoisotopic (exact) mass is 469 g/mol. The molecule has 1 aliphatic heterocycles. The molecule has 1 fully saturated rings. The number of nitrogens with one attached hydrogen (secondary N) is 1. The van der Waals surface area contributed by atoms with Gasteiger partial charge in [-0.3, -0.25) is 9.69 Å². The Labute approximate surface area is 204 Å². The van der Waals surface area contributed by atoms with Gasteiger partial charge in [0, 0.05) is 44.1 Å². The van der Waals surface area contributed by atoms with Crippen molar-refractivity contribution in [3.63, 3.8) is 0 Å². The van der Waals surface area contributed by atoms with Gasteiger partial charge >= 0.3 is 0 Å². The molecule has 1 aliphatic rings. The van der Waals surface area contributed by atoms with Crippen LogP contribution >= 0.6 is 0 Å². The van der Waals surface area contributed by atoms with Crippen molar-refractivity contribution in [3.05, 3.63) is 108 Å². The molecule has 35 heavy (non-hydrogen) atoms. The second kappa shape index (κ2) is 10.1. The molecule has 0 radical (unpaired) electrons. The third-order valence-corrected chi connectivity index (χ3v) is 6.45. The topological polar surface area (TPSA) is 53.4 Å². The number of rotatable bonds is 6. The highest BCUT2D eigenvalue weighted by Crippen LogP contribution is 2.22. The number of para-hydroxylation sites is 1. The van der Waals surface area contributed by atoms with Crippen molar-refractivity contribution >= 4 is 17.3 Å². The van der Waals surface area contributed by atoms with Crippen LogP contribution in [-0.2, 0) is 6.54 Å². The molecule has 1 saturated heterocycles. The van der Waals surface area contributed by atoms with Crippen molar-refractivity contribution < 1.29 is 9.18 Å². The second-order valence-corrected chi connectivity index (χ2v) is 8.76. The summed E-state index contributed by atoms with van der Waals surface area (Å²) in [6.07, 6.45) is 1.47. The van der Waals surface area contributed by atoms with Crippen LogP contribution in [-0.4, -0.2) is 46.8 Å². The van der Waals surface area contributed by atoms with Crippen LogP contribution in [0.1, 0.15) is 21.6 Å². The Kier molecular flexibility index (Phi) is 6.59. The Morgan fingerprint density at radius 1 is 0.914 bits per heavy atom. The van der Waals surface area contributed by atoms with Crippen molar-refractivity contribution in [2.75, 3.05) is 36.4 Å². The number of amides is 1. The highest BCUT2D eigenvalue weighted by atomic mass is 19.1. The predicted octanol–water partition coefficient (Wildman–Crippen LogP) is 4.89. The SMILES string of the molecule is Cc1c(C(=O)Nc2ccc(N3CCN(Cc4ccccc4)CC3)cc2)cnn1-c1ccccc1F. The summed E-state index contributed by atoms with van der Waals surface area (Å²) in [7, 11) is 0. The van der Waals surface area contributed by atoms with Gasteiger partial charge < -0.3 is 10.2 Å². The van der Waals surface area contributed by atoms with E-state index in [1.807, 2.05) is 30.3 Å². The maximum atomic E-state index is 14.2. The third kappa shape index (κ3) is 5.10. The number of halogens is 1. The van der Waals surface area contributed by atoms with E-state index in [-0.39, 0.29) is 11.7 Å². The first-order valence-electron chi connectivity index (χ1n) is 11.8. The van der Waals surface area contributed by atoms with E-state index in [1.54, 1.807) is 25.1 Å². The fourth-order valence-corrected chi connectivity index (χ4v) is 4.46. The lowest BCUT2D eigenvalue weighted by atomic mass is 10.2. The van der Waals surface area contributed by atoms with E-state index in [0.717, 1.165) is 38.4 Å². The van der Waals surface area contributed by atoms with Crippen molar-refractivity contribution in [2.24, 2.45) is 0 Å². The first-order valence-corrected chi connectivity index (χ1v) is 11.8. The number of hydrogen-bond acceptors (Lipinski definition) is 4. The summed E-state index contributed by atoms with van der Waals surface area (Å²) in [5, 5.41) is 7.15. The van der Waals surface area contributed by atoms with E-state index in [9.17, 15) is 9.18 Å². The van der Waals surface area contributed by atoms with Crippen LogP contribution in [0.15, 0.2) is 85.1 Å². The fraction of sp³-hybridized carbons (Fsp3) is 0.214. The maximum absolute atomic E-state index is 14.2. The van der Waals surface area contributed by atoms with Crippen LogP contribution in [0.4, 0.5) is 15.8 Å². The number of carbonyl (C=O) groups is 1. The first-order chi connectivity index (χ1) is 17.1. The normalized spacial score (nSPS) is 14.2. The fourth-order valence-electron chi connectivity index (χ4n) is 4.46. The lowest BCUT2D eigenvalue weighted by Gasteiger charge is -2.36. The average Bonchev–Trinajstić information content (AvgIpc) is 3.27. The Morgan fingerprint density at radius 3 is 2.31 bits per heavy atom. The molecule has 0 bridgehead atoms. The smallest absolute Gasteiger partial charge is 0.259 e. The quantitative estimate of drug-likeness (QED) is 0.437. The molecule has 2 heterocycles. The molecule has 0 saturated carbocycles. The summed E-state index contributed by atoms with van der Waals surface area (Å²) in [6, 6.07) is 24.9. The van der Waals surface area contributed by atoms with Gasteiger partial charge in [-0.1, -0.05) is 42.5 Å². The number of carbonyl (C=O) groups excluding carboxylic acids is 1. The lowest BCUT2D eigenvalue weighted by Crippen LogP contribution is -2.45. The molecule has 1 N–H and O–H groups in total. The van der Waals surface area contributed by atoms with Crippen molar-refractivity contribution in [1.82, 2.24) is 14.7 Å². The first kappa shape index (κ1) is 22.8. The van der Waals surface area contributed by atoms with Gasteiger partial charge in [0.1, 0.15) is 11.5 Å². The lowest BCUT2D eigenvalue weighted by molar-refractivity contribution is 0.102. The van der Waals surface area contributed by atoms with E-state index in [4.69, 9.17) is 0 Å². The zero-order valence-corrected chi connectivity index (χ0v) is 19.7. The van der Waals surface area contributed by atoms with E-state index in [1.165, 1.54) is 22.5 Å². The van der Waals surface area contributed by atoms with Gasteiger partial charge in [0.05, 0.1) is 17.5 Å². The molecule has 0 unspecified atom stereocenters. The molecular weight excluding hydrogens is 441 g/mol. The number of benzene rings is 3. The predicted molar refractivity (Wildman–Crippen MR) is 137 cm³/mol. The molecule has 1 aromatic heterocycles. The summed E-state index contributed by atoms with van der Waals surface area (Å²) in [6.45, 7) is 6.69. The van der Waals surface area contributed by atoms with Gasteiger partial charge in [-0.15, -0.1) is 0 Å². The van der Waals surface area contributed by atoms with Gasteiger partial charge in [0.15, 0.2) is 0 Å². The number of anilines is 2. The Morgan fingerprint density at radius 2 is 1.60 bits per heavy atom. The van der Waals surface area contributed by atoms with Crippen LogP contribution in [0.25, 0.3) is 5.69 Å². The molecular formula is C28H28FN5O. The minimum Gasteiger partial charge on any atom is -0.369 e. The van der Waals surface area contributed by atoms with E-state index >= 15 is 0 Å². The zero-order chi connectivity index (χ0) is 24.2. The summed E-state index contributed by atoms with van der Waals surface area (Å²) < 4.78 is 15.6. The van der Waals surface area contributed by atoms with E-state index in [2.05, 4.69) is 44.5 Å². The van der Waals surface area contributed by atoms with Gasteiger partial charge in [0.25, 0.3) is 5.91 Å². The largest absolute Gasteiger partial charge is 0.369 e. The molecule has 0 atom stereocenters. The second-order valence-electron chi connectivity index (χ2n) is 8.76. The van der Waals surface area contributed by atoms with Crippen molar-refractivity contribution in [1.29, 1.82) is 0 Å². The minimum atomic E-state index is -0.387. The number of hydrogen-bond donors (Lipinski definition) is 1. The Hall–Kier alpha value is -3.97. The van der Waals surface area contributed by atoms with Crippen LogP contribution in [0.2, 0.25) is 0 Å². The van der Waals surface area contributed by atoms with Crippen molar-refractivity contribution in [2.45, 2.75) is 13.5 Å². The average molecular weight is 470 g/mol. The van der Waals surface area contributed by atoms with Crippen LogP contribution in [0, 0.1) is 12.7 Å². The molecule has 6 nitrogen and oxygen atoms in total. The number of aromatic nitrogens is 2. The van der Waals surface area contributed by atoms with Crippen molar-refractivity contribution in [3.8, 4) is 5.69 Å². The molecule has 0 aliphatic carbocycles. The highest BCUT2D eigenvalue weighted by molar-refractivity contribution is 6.05. The number of piperazine rings is 1. The zero-order valence-electron chi connectivity index (χ0n) is 19.7. The molecule has 5 rings (SSSR count). The van der Waals surface area contributed by atoms with Gasteiger partial charge in [-0.25, -0.2) is 9.07 Å². The maximum Gasteiger partial charge on any atom is 0.259 e. The van der Waals surface area contributed by atoms with Crippen LogP contribution < -0.4 is 10.2 Å². The summed E-state index contributed by atoms with van der Waals surface area (Å²) >= 11 is 0. The van der Waals surface area contributed by atoms with Crippen LogP contribution in [0.5, 0.6) is 0 Å². The standard InChI is InChI=1S/C28H28FN5O/c1-21-25(19-30-34(21)27-10-6-5-9-26(27)29)28(35)31-23-11-13-24(14-12-23)33-17-15-32(16-18-33)20-22-7-3-2-4-8-22/h2-14,19H,15-18,20H2,1H3,(H,31,35). The Bertz CT molecular complexity index is 1290. The van der Waals surface area contributed by atoms with Gasteiger partial charge in [-0.05, 0) is 48.9 Å². The minimum absolute atomic E-state index is 0.271. The number of nitrogens with zero attached hydrogens (tertiary/aromatic N) is 4. The molecule has 1 amide bonds. The van der Waals surface area contributed by atoms with E-state index < -0.39 is 0 Å². The van der Waals surface area contributed by atoms with Crippen LogP contribution in [0.3, 0.4) is 0 Å². The molecule has 7 heteroatoms. The third-order valence-electron chi connectivity index (χ3n) is 6.45. The summed E-state index contributed by atoms with van der Waals surface area (Å²) in [5.41, 5.74) is 4.50. The molecule has 3 aromatic carbocycles. The summed E-state index contributed by atoms with van der Waals surface area (Å²) in [4.78, 5) is 17.7.